The topological polar surface area (TPSA) is 37.4 Å². The molecule has 1 aliphatic heterocycles. The standard InChI is InChI=1S/C11H11NO2S/c1-15(13,14)12-8-6-10-4-2-3-5-11(10)7-9-12/h2-9H,1H3. The third-order valence-corrected chi connectivity index (χ3v) is 3.19. The summed E-state index contributed by atoms with van der Waals surface area (Å²) < 4.78 is 23.8. The van der Waals surface area contributed by atoms with Gasteiger partial charge < -0.3 is 0 Å². The fourth-order valence-corrected chi connectivity index (χ4v) is 1.96. The normalized spacial score (nSPS) is 14.9. The number of hydrogen-bond acceptors (Lipinski definition) is 2. The molecule has 0 spiro atoms. The summed E-state index contributed by atoms with van der Waals surface area (Å²) in [6, 6.07) is 7.74. The Labute approximate surface area is 89.4 Å². The van der Waals surface area contributed by atoms with Crippen LogP contribution in [0, 0.1) is 0 Å². The first-order valence-electron chi connectivity index (χ1n) is 4.51. The van der Waals surface area contributed by atoms with E-state index in [9.17, 15) is 8.42 Å². The van der Waals surface area contributed by atoms with E-state index in [0.717, 1.165) is 11.1 Å². The van der Waals surface area contributed by atoms with Gasteiger partial charge in [-0.3, -0.25) is 4.31 Å². The van der Waals surface area contributed by atoms with E-state index in [1.165, 1.54) is 10.6 Å². The van der Waals surface area contributed by atoms with Crippen LogP contribution in [0.1, 0.15) is 11.1 Å². The number of nitrogens with zero attached hydrogens (tertiary/aromatic N) is 1. The summed E-state index contributed by atoms with van der Waals surface area (Å²) in [5.41, 5.74) is 2.03. The van der Waals surface area contributed by atoms with Crippen molar-refractivity contribution in [1.29, 1.82) is 0 Å². The Bertz CT molecular complexity index is 496. The Morgan fingerprint density at radius 3 is 1.87 bits per heavy atom. The van der Waals surface area contributed by atoms with Crippen molar-refractivity contribution < 1.29 is 8.42 Å². The molecule has 1 aromatic rings. The molecule has 0 amide bonds. The fourth-order valence-electron chi connectivity index (χ4n) is 1.39. The molecule has 0 N–H and O–H groups in total. The molecule has 0 radical (unpaired) electrons. The van der Waals surface area contributed by atoms with Crippen LogP contribution in [0.3, 0.4) is 0 Å². The first kappa shape index (κ1) is 9.98. The van der Waals surface area contributed by atoms with E-state index >= 15 is 0 Å². The van der Waals surface area contributed by atoms with Gasteiger partial charge in [0.05, 0.1) is 6.26 Å². The van der Waals surface area contributed by atoms with Crippen molar-refractivity contribution in [3.63, 3.8) is 0 Å². The summed E-state index contributed by atoms with van der Waals surface area (Å²) in [6.45, 7) is 0. The molecule has 0 fully saturated rings. The molecule has 1 aromatic carbocycles. The Hall–Kier alpha value is -1.55. The van der Waals surface area contributed by atoms with Gasteiger partial charge >= 0.3 is 0 Å². The van der Waals surface area contributed by atoms with Crippen molar-refractivity contribution in [2.75, 3.05) is 6.26 Å². The number of fused-ring (bicyclic) bond motifs is 1. The van der Waals surface area contributed by atoms with E-state index in [1.54, 1.807) is 24.6 Å². The predicted octanol–water partition coefficient (Wildman–Crippen LogP) is 1.90. The molecule has 0 aromatic heterocycles. The van der Waals surface area contributed by atoms with Crippen LogP contribution in [0.25, 0.3) is 12.2 Å². The van der Waals surface area contributed by atoms with E-state index in [4.69, 9.17) is 0 Å². The Morgan fingerprint density at radius 2 is 1.47 bits per heavy atom. The number of sulfonamides is 1. The molecule has 15 heavy (non-hydrogen) atoms. The third-order valence-electron chi connectivity index (χ3n) is 2.18. The van der Waals surface area contributed by atoms with Crippen LogP contribution in [-0.4, -0.2) is 19.0 Å². The summed E-state index contributed by atoms with van der Waals surface area (Å²) in [5.74, 6) is 0. The molecule has 4 heteroatoms. The summed E-state index contributed by atoms with van der Waals surface area (Å²) >= 11 is 0. The lowest BCUT2D eigenvalue weighted by atomic mass is 10.1. The molecule has 0 unspecified atom stereocenters. The van der Waals surface area contributed by atoms with Crippen LogP contribution in [-0.2, 0) is 10.0 Å². The second kappa shape index (κ2) is 3.55. The van der Waals surface area contributed by atoms with Gasteiger partial charge in [0.2, 0.25) is 10.0 Å². The van der Waals surface area contributed by atoms with Gasteiger partial charge in [-0.1, -0.05) is 24.3 Å². The third kappa shape index (κ3) is 2.10. The Morgan fingerprint density at radius 1 is 1.00 bits per heavy atom. The summed E-state index contributed by atoms with van der Waals surface area (Å²) in [7, 11) is -3.21. The van der Waals surface area contributed by atoms with Crippen LogP contribution in [0.5, 0.6) is 0 Å². The number of benzene rings is 1. The van der Waals surface area contributed by atoms with Gasteiger partial charge in [-0.2, -0.15) is 0 Å². The molecule has 3 nitrogen and oxygen atoms in total. The first-order valence-corrected chi connectivity index (χ1v) is 6.36. The van der Waals surface area contributed by atoms with Crippen molar-refractivity contribution in [2.24, 2.45) is 0 Å². The molecule has 78 valence electrons. The molecular weight excluding hydrogens is 210 g/mol. The molecule has 0 saturated heterocycles. The molecule has 0 bridgehead atoms. The molecule has 2 rings (SSSR count). The van der Waals surface area contributed by atoms with Gasteiger partial charge in [0.25, 0.3) is 0 Å². The van der Waals surface area contributed by atoms with Crippen LogP contribution >= 0.6 is 0 Å². The summed E-state index contributed by atoms with van der Waals surface area (Å²) in [4.78, 5) is 0. The van der Waals surface area contributed by atoms with Crippen molar-refractivity contribution >= 4 is 22.2 Å². The molecule has 1 heterocycles. The minimum atomic E-state index is -3.21. The largest absolute Gasteiger partial charge is 0.253 e. The van der Waals surface area contributed by atoms with E-state index in [1.807, 2.05) is 24.3 Å². The average Bonchev–Trinajstić information content (AvgIpc) is 2.38. The summed E-state index contributed by atoms with van der Waals surface area (Å²) in [6.07, 6.45) is 7.86. The molecule has 0 aliphatic carbocycles. The van der Waals surface area contributed by atoms with E-state index in [-0.39, 0.29) is 0 Å². The Balaban J connectivity index is 2.47. The highest BCUT2D eigenvalue weighted by Gasteiger charge is 2.10. The lowest BCUT2D eigenvalue weighted by Gasteiger charge is -2.10. The van der Waals surface area contributed by atoms with Crippen LogP contribution in [0.2, 0.25) is 0 Å². The van der Waals surface area contributed by atoms with E-state index < -0.39 is 10.0 Å². The van der Waals surface area contributed by atoms with Crippen LogP contribution < -0.4 is 0 Å². The Kier molecular flexibility index (Phi) is 2.36. The zero-order valence-electron chi connectivity index (χ0n) is 8.29. The quantitative estimate of drug-likeness (QED) is 0.726. The molecule has 0 atom stereocenters. The average molecular weight is 221 g/mol. The molecule has 0 saturated carbocycles. The SMILES string of the molecule is CS(=O)(=O)N1C=Cc2ccccc2C=C1. The second-order valence-electron chi connectivity index (χ2n) is 3.35. The maximum atomic E-state index is 11.3. The minimum absolute atomic E-state index is 1.01. The zero-order chi connectivity index (χ0) is 10.9. The van der Waals surface area contributed by atoms with E-state index in [2.05, 4.69) is 0 Å². The maximum absolute atomic E-state index is 11.3. The number of hydrogen-bond donors (Lipinski definition) is 0. The van der Waals surface area contributed by atoms with Crippen LogP contribution in [0.15, 0.2) is 36.7 Å². The predicted molar refractivity (Wildman–Crippen MR) is 61.2 cm³/mol. The van der Waals surface area contributed by atoms with Gasteiger partial charge in [-0.05, 0) is 23.3 Å². The van der Waals surface area contributed by atoms with Crippen molar-refractivity contribution in [2.45, 2.75) is 0 Å². The number of rotatable bonds is 1. The first-order chi connectivity index (χ1) is 7.07. The van der Waals surface area contributed by atoms with Crippen molar-refractivity contribution in [3.05, 3.63) is 47.8 Å². The highest BCUT2D eigenvalue weighted by Crippen LogP contribution is 2.18. The monoisotopic (exact) mass is 221 g/mol. The highest BCUT2D eigenvalue weighted by atomic mass is 32.2. The highest BCUT2D eigenvalue weighted by molar-refractivity contribution is 7.88. The van der Waals surface area contributed by atoms with Gasteiger partial charge in [0.1, 0.15) is 0 Å². The summed E-state index contributed by atoms with van der Waals surface area (Å²) in [5, 5.41) is 0. The molecule has 1 aliphatic rings. The lowest BCUT2D eigenvalue weighted by molar-refractivity contribution is 0.561. The fraction of sp³-hybridized carbons (Fsp3) is 0.0909. The molecular formula is C11H11NO2S. The van der Waals surface area contributed by atoms with Gasteiger partial charge in [-0.15, -0.1) is 0 Å². The van der Waals surface area contributed by atoms with Crippen molar-refractivity contribution in [1.82, 2.24) is 4.31 Å². The second-order valence-corrected chi connectivity index (χ2v) is 5.24. The van der Waals surface area contributed by atoms with Gasteiger partial charge in [0, 0.05) is 12.4 Å². The maximum Gasteiger partial charge on any atom is 0.235 e. The van der Waals surface area contributed by atoms with Crippen molar-refractivity contribution in [3.8, 4) is 0 Å². The van der Waals surface area contributed by atoms with Gasteiger partial charge in [0.15, 0.2) is 0 Å². The minimum Gasteiger partial charge on any atom is -0.253 e. The smallest absolute Gasteiger partial charge is 0.235 e. The van der Waals surface area contributed by atoms with Gasteiger partial charge in [-0.25, -0.2) is 8.42 Å². The zero-order valence-corrected chi connectivity index (χ0v) is 9.11. The van der Waals surface area contributed by atoms with Crippen LogP contribution in [0.4, 0.5) is 0 Å². The lowest BCUT2D eigenvalue weighted by Crippen LogP contribution is -2.17. The van der Waals surface area contributed by atoms with E-state index in [0.29, 0.717) is 0 Å².